The van der Waals surface area contributed by atoms with Crippen molar-refractivity contribution in [3.05, 3.63) is 149 Å². The van der Waals surface area contributed by atoms with Gasteiger partial charge in [-0.25, -0.2) is 14.4 Å². The lowest BCUT2D eigenvalue weighted by atomic mass is 9.36. The Morgan fingerprint density at radius 2 is 1.23 bits per heavy atom. The van der Waals surface area contributed by atoms with Crippen LogP contribution in [0.3, 0.4) is 0 Å². The minimum Gasteiger partial charge on any atom is -0.459 e. The summed E-state index contributed by atoms with van der Waals surface area (Å²) >= 11 is 0. The molecule has 0 aliphatic heterocycles. The molecule has 3 aromatic rings. The van der Waals surface area contributed by atoms with Crippen LogP contribution in [0.15, 0.2) is 133 Å². The Hall–Kier alpha value is -5.56. The largest absolute Gasteiger partial charge is 0.459 e. The number of benzene rings is 3. The summed E-state index contributed by atoms with van der Waals surface area (Å²) in [5, 5.41) is 0. The molecule has 0 unspecified atom stereocenters. The number of rotatable bonds is 14. The van der Waals surface area contributed by atoms with Crippen molar-refractivity contribution in [3.8, 4) is 0 Å². The highest BCUT2D eigenvalue weighted by atomic mass is 16.6. The third-order valence-electron chi connectivity index (χ3n) is 16.0. The lowest BCUT2D eigenvalue weighted by Gasteiger charge is -2.69. The topological polar surface area (TPSA) is 96.0 Å². The van der Waals surface area contributed by atoms with Gasteiger partial charge in [-0.05, 0) is 114 Å². The average Bonchev–Trinajstić information content (AvgIpc) is 3.63. The molecule has 0 heterocycles. The lowest BCUT2D eigenvalue weighted by Crippen LogP contribution is -2.66. The van der Waals surface area contributed by atoms with E-state index in [9.17, 15) is 19.2 Å². The Morgan fingerprint density at radius 3 is 1.77 bits per heavy atom. The minimum absolute atomic E-state index is 0.0323. The van der Waals surface area contributed by atoms with Gasteiger partial charge >= 0.3 is 17.9 Å². The summed E-state index contributed by atoms with van der Waals surface area (Å²) in [5.41, 5.74) is 4.69. The molecule has 0 N–H and O–H groups in total. The lowest BCUT2D eigenvalue weighted by molar-refractivity contribution is -0.216. The summed E-state index contributed by atoms with van der Waals surface area (Å²) < 4.78 is 19.1. The van der Waals surface area contributed by atoms with E-state index < -0.39 is 35.7 Å². The molecule has 0 bridgehead atoms. The first-order valence-electron chi connectivity index (χ1n) is 23.2. The van der Waals surface area contributed by atoms with Gasteiger partial charge in [-0.1, -0.05) is 150 Å². The molecule has 0 spiro atoms. The zero-order valence-electron chi connectivity index (χ0n) is 38.8. The van der Waals surface area contributed by atoms with Crippen LogP contribution in [-0.4, -0.2) is 42.0 Å². The molecule has 0 amide bonds. The molecule has 7 heteroatoms. The molecule has 3 aromatic carbocycles. The number of fused-ring (bicyclic) bond motifs is 5. The Kier molecular flexibility index (Phi) is 13.7. The van der Waals surface area contributed by atoms with Gasteiger partial charge in [-0.3, -0.25) is 4.79 Å². The maximum absolute atomic E-state index is 14.0. The van der Waals surface area contributed by atoms with Crippen molar-refractivity contribution >= 4 is 41.9 Å². The van der Waals surface area contributed by atoms with Crippen molar-refractivity contribution in [2.75, 3.05) is 0 Å². The molecule has 7 rings (SSSR count). The molecule has 336 valence electrons. The second kappa shape index (κ2) is 18.9. The van der Waals surface area contributed by atoms with E-state index in [0.29, 0.717) is 30.6 Å². The maximum Gasteiger partial charge on any atom is 0.331 e. The first-order chi connectivity index (χ1) is 30.5. The van der Waals surface area contributed by atoms with E-state index >= 15 is 0 Å². The van der Waals surface area contributed by atoms with Crippen LogP contribution >= 0.6 is 0 Å². The molecule has 64 heavy (non-hydrogen) atoms. The van der Waals surface area contributed by atoms with E-state index in [2.05, 4.69) is 48.1 Å². The fraction of sp³-hybridized carbons (Fsp3) is 0.439. The molecule has 4 aliphatic rings. The summed E-state index contributed by atoms with van der Waals surface area (Å²) in [4.78, 5) is 54.6. The number of allylic oxidation sites excluding steroid dienone is 1. The van der Waals surface area contributed by atoms with Crippen LogP contribution in [-0.2, 0) is 33.4 Å². The second-order valence-electron chi connectivity index (χ2n) is 20.2. The third-order valence-corrected chi connectivity index (χ3v) is 16.0. The molecule has 0 aromatic heterocycles. The van der Waals surface area contributed by atoms with E-state index in [1.807, 2.05) is 97.1 Å². The average molecular weight is 863 g/mol. The van der Waals surface area contributed by atoms with E-state index in [4.69, 9.17) is 14.2 Å². The van der Waals surface area contributed by atoms with Gasteiger partial charge < -0.3 is 14.2 Å². The Morgan fingerprint density at radius 1 is 0.719 bits per heavy atom. The van der Waals surface area contributed by atoms with Crippen molar-refractivity contribution in [3.63, 3.8) is 0 Å². The van der Waals surface area contributed by atoms with Crippen molar-refractivity contribution in [2.45, 2.75) is 118 Å². The first kappa shape index (κ1) is 46.4. The highest BCUT2D eigenvalue weighted by Gasteiger charge is 2.70. The minimum atomic E-state index is -0.909. The maximum atomic E-state index is 14.0. The number of ether oxygens (including phenoxy) is 3. The van der Waals surface area contributed by atoms with Crippen LogP contribution in [0.1, 0.15) is 117 Å². The van der Waals surface area contributed by atoms with Crippen molar-refractivity contribution in [1.82, 2.24) is 0 Å². The number of carbonyl (C=O) groups excluding carboxylic acids is 4. The summed E-state index contributed by atoms with van der Waals surface area (Å²) in [7, 11) is 0. The van der Waals surface area contributed by atoms with E-state index in [1.165, 1.54) is 23.3 Å². The first-order valence-corrected chi connectivity index (χ1v) is 23.2. The molecule has 7 nitrogen and oxygen atoms in total. The fourth-order valence-electron chi connectivity index (χ4n) is 12.7. The Labute approximate surface area is 380 Å². The number of hydrogen-bond donors (Lipinski definition) is 0. The van der Waals surface area contributed by atoms with Crippen LogP contribution in [0.4, 0.5) is 0 Å². The number of Topliss-reactive ketones (excluding diaryl/α,β-unsaturated/α-hetero) is 1. The molecular formula is C57H66O7. The van der Waals surface area contributed by atoms with Crippen LogP contribution in [0.5, 0.6) is 0 Å². The van der Waals surface area contributed by atoms with Gasteiger partial charge in [0, 0.05) is 42.4 Å². The molecule has 4 aliphatic carbocycles. The zero-order valence-corrected chi connectivity index (χ0v) is 38.8. The highest BCUT2D eigenvalue weighted by molar-refractivity contribution is 5.89. The van der Waals surface area contributed by atoms with Crippen LogP contribution < -0.4 is 0 Å². The number of ketones is 1. The van der Waals surface area contributed by atoms with Gasteiger partial charge in [0.2, 0.25) is 0 Å². The SMILES string of the molecule is C=C(C)[C@H](OC(=O)/C=C/c1ccccc1)[C@H](C[C@@H](C)C1=C2C[C@H](OC(=O)/C=C/c3ccccc3)[C@H]3[C@@]4(C)CCC(=O)C(C)(C)[C@@H]4CC[C@]3(C)[C@@]2(C)CC1)OC(=O)/C=C/c1ccccc1. The molecule has 0 saturated heterocycles. The van der Waals surface area contributed by atoms with E-state index in [-0.39, 0.29) is 40.0 Å². The summed E-state index contributed by atoms with van der Waals surface area (Å²) in [5.74, 6) is -1.02. The summed E-state index contributed by atoms with van der Waals surface area (Å²) in [6.45, 7) is 19.7. The molecule has 3 fully saturated rings. The quantitative estimate of drug-likeness (QED) is 0.0689. The van der Waals surface area contributed by atoms with Gasteiger partial charge in [0.15, 0.2) is 6.10 Å². The van der Waals surface area contributed by atoms with Gasteiger partial charge in [0.25, 0.3) is 0 Å². The van der Waals surface area contributed by atoms with Crippen molar-refractivity contribution < 1.29 is 33.4 Å². The Balaban J connectivity index is 1.23. The molecule has 9 atom stereocenters. The van der Waals surface area contributed by atoms with Crippen LogP contribution in [0.2, 0.25) is 0 Å². The predicted octanol–water partition coefficient (Wildman–Crippen LogP) is 12.4. The van der Waals surface area contributed by atoms with Gasteiger partial charge in [0.05, 0.1) is 0 Å². The molecule has 3 saturated carbocycles. The number of carbonyl (C=O) groups is 4. The number of hydrogen-bond acceptors (Lipinski definition) is 7. The van der Waals surface area contributed by atoms with Gasteiger partial charge in [0.1, 0.15) is 18.0 Å². The fourth-order valence-corrected chi connectivity index (χ4v) is 12.7. The van der Waals surface area contributed by atoms with Gasteiger partial charge in [-0.2, -0.15) is 0 Å². The number of esters is 3. The van der Waals surface area contributed by atoms with E-state index in [1.54, 1.807) is 25.2 Å². The van der Waals surface area contributed by atoms with Crippen LogP contribution in [0.25, 0.3) is 18.2 Å². The predicted molar refractivity (Wildman–Crippen MR) is 254 cm³/mol. The van der Waals surface area contributed by atoms with Crippen molar-refractivity contribution in [1.29, 1.82) is 0 Å². The highest BCUT2D eigenvalue weighted by Crippen LogP contribution is 2.74. The zero-order chi connectivity index (χ0) is 45.9. The monoisotopic (exact) mass is 862 g/mol. The summed E-state index contributed by atoms with van der Waals surface area (Å²) in [6.07, 6.45) is 13.3. The smallest absolute Gasteiger partial charge is 0.331 e. The molecule has 0 radical (unpaired) electrons. The second-order valence-corrected chi connectivity index (χ2v) is 20.2. The Bertz CT molecular complexity index is 2340. The summed E-state index contributed by atoms with van der Waals surface area (Å²) in [6, 6.07) is 28.8. The normalized spacial score (nSPS) is 28.8. The standard InChI is InChI=1S/C57H66O7/c1-38(2)52(64-51(61)29-26-42-22-16-11-17-23-42)45(62-49(59)27-24-40-18-12-9-13-19-40)36-39(3)43-30-34-56(7)44(43)37-46(63-50(60)28-25-41-20-14-10-15-21-41)53-55(6)33-32-48(58)54(4,5)47(55)31-35-57(53,56)8/h9-29,39,45-47,52-53H,1,30-37H2,2-8H3/b27-24+,28-25+,29-26+/t39-,45+,46+,47+,52+,53+,55+,56+,57+/m1/s1. The third kappa shape index (κ3) is 9.32. The van der Waals surface area contributed by atoms with Crippen molar-refractivity contribution in [2.24, 2.45) is 39.4 Å². The van der Waals surface area contributed by atoms with Gasteiger partial charge in [-0.15, -0.1) is 0 Å². The van der Waals surface area contributed by atoms with E-state index in [0.717, 1.165) is 48.8 Å². The van der Waals surface area contributed by atoms with Crippen LogP contribution in [0, 0.1) is 39.4 Å². The molecular weight excluding hydrogens is 797 g/mol.